The fraction of sp³-hybridized carbons (Fsp3) is 0. The van der Waals surface area contributed by atoms with Crippen molar-refractivity contribution in [3.05, 3.63) is 206 Å². The lowest BCUT2D eigenvalue weighted by Gasteiger charge is -2.27. The van der Waals surface area contributed by atoms with Crippen LogP contribution in [0.2, 0.25) is 0 Å². The number of anilines is 3. The highest BCUT2D eigenvalue weighted by Crippen LogP contribution is 2.50. The van der Waals surface area contributed by atoms with Crippen LogP contribution in [0.15, 0.2) is 211 Å². The van der Waals surface area contributed by atoms with Crippen LogP contribution in [0.3, 0.4) is 0 Å². The number of benzene rings is 9. The summed E-state index contributed by atoms with van der Waals surface area (Å²) in [5.74, 6) is 0. The maximum absolute atomic E-state index is 7.10. The summed E-state index contributed by atoms with van der Waals surface area (Å²) in [7, 11) is 0. The van der Waals surface area contributed by atoms with Crippen LogP contribution in [0.25, 0.3) is 91.9 Å². The lowest BCUT2D eigenvalue weighted by Crippen LogP contribution is -2.11. The third-order valence-corrected chi connectivity index (χ3v) is 12.8. The second-order valence-electron chi connectivity index (χ2n) is 14.8. The lowest BCUT2D eigenvalue weighted by molar-refractivity contribution is 0.670. The predicted molar refractivity (Wildman–Crippen MR) is 247 cm³/mol. The number of furan rings is 1. The molecule has 4 heteroatoms. The fourth-order valence-corrected chi connectivity index (χ4v) is 10.3. The van der Waals surface area contributed by atoms with Crippen LogP contribution in [0.4, 0.5) is 17.1 Å². The monoisotopic (exact) mass is 758 g/mol. The fourth-order valence-electron chi connectivity index (χ4n) is 9.03. The quantitative estimate of drug-likeness (QED) is 0.168. The molecule has 0 unspecified atom stereocenters. The number of nitrogens with zero attached hydrogens (tertiary/aromatic N) is 2. The van der Waals surface area contributed by atoms with Gasteiger partial charge < -0.3 is 13.9 Å². The Kier molecular flexibility index (Phi) is 7.40. The molecule has 3 aromatic heterocycles. The molecule has 0 spiro atoms. The van der Waals surface area contributed by atoms with Crippen molar-refractivity contribution >= 4 is 92.3 Å². The van der Waals surface area contributed by atoms with Crippen molar-refractivity contribution in [3.63, 3.8) is 0 Å². The summed E-state index contributed by atoms with van der Waals surface area (Å²) in [5, 5.41) is 7.16. The molecular formula is C54H34N2OS. The molecule has 272 valence electrons. The number of hydrogen-bond acceptors (Lipinski definition) is 3. The zero-order valence-corrected chi connectivity index (χ0v) is 32.2. The van der Waals surface area contributed by atoms with Crippen LogP contribution in [0, 0.1) is 0 Å². The van der Waals surface area contributed by atoms with Gasteiger partial charge in [-0.25, -0.2) is 0 Å². The lowest BCUT2D eigenvalue weighted by atomic mass is 10.00. The molecule has 9 aromatic carbocycles. The minimum Gasteiger partial charge on any atom is -0.453 e. The van der Waals surface area contributed by atoms with E-state index < -0.39 is 0 Å². The third-order valence-electron chi connectivity index (χ3n) is 11.6. The smallest absolute Gasteiger partial charge is 0.159 e. The van der Waals surface area contributed by atoms with Gasteiger partial charge in [-0.1, -0.05) is 152 Å². The molecule has 0 bridgehead atoms. The second-order valence-corrected chi connectivity index (χ2v) is 15.9. The van der Waals surface area contributed by atoms with Crippen molar-refractivity contribution < 1.29 is 4.42 Å². The van der Waals surface area contributed by atoms with Crippen LogP contribution in [0.5, 0.6) is 0 Å². The van der Waals surface area contributed by atoms with Gasteiger partial charge in [0, 0.05) is 58.7 Å². The van der Waals surface area contributed by atoms with Crippen molar-refractivity contribution in [3.8, 4) is 27.9 Å². The highest BCUT2D eigenvalue weighted by Gasteiger charge is 2.25. The van der Waals surface area contributed by atoms with E-state index in [0.717, 1.165) is 55.8 Å². The first kappa shape index (κ1) is 32.8. The number of hydrogen-bond donors (Lipinski definition) is 0. The predicted octanol–water partition coefficient (Wildman–Crippen LogP) is 15.9. The summed E-state index contributed by atoms with van der Waals surface area (Å²) in [5.41, 5.74) is 13.0. The van der Waals surface area contributed by atoms with Crippen LogP contribution in [-0.4, -0.2) is 4.57 Å². The Labute approximate surface area is 338 Å². The topological polar surface area (TPSA) is 21.3 Å². The van der Waals surface area contributed by atoms with Crippen LogP contribution < -0.4 is 4.90 Å². The van der Waals surface area contributed by atoms with E-state index in [2.05, 4.69) is 216 Å². The third kappa shape index (κ3) is 4.99. The molecule has 0 aliphatic heterocycles. The van der Waals surface area contributed by atoms with E-state index >= 15 is 0 Å². The van der Waals surface area contributed by atoms with E-state index in [1.54, 1.807) is 0 Å². The Hall–Kier alpha value is -7.40. The number of para-hydroxylation sites is 4. The van der Waals surface area contributed by atoms with Crippen molar-refractivity contribution in [2.75, 3.05) is 4.90 Å². The van der Waals surface area contributed by atoms with Gasteiger partial charge in [0.25, 0.3) is 0 Å². The van der Waals surface area contributed by atoms with Gasteiger partial charge in [-0.2, -0.15) is 0 Å². The van der Waals surface area contributed by atoms with Crippen LogP contribution >= 0.6 is 11.3 Å². The maximum atomic E-state index is 7.10. The first-order chi connectivity index (χ1) is 28.8. The van der Waals surface area contributed by atoms with Gasteiger partial charge in [0.1, 0.15) is 5.58 Å². The van der Waals surface area contributed by atoms with Crippen LogP contribution in [-0.2, 0) is 0 Å². The number of rotatable bonds is 6. The van der Waals surface area contributed by atoms with Gasteiger partial charge in [-0.3, -0.25) is 0 Å². The van der Waals surface area contributed by atoms with Gasteiger partial charge in [-0.05, 0) is 71.3 Å². The molecule has 0 atom stereocenters. The number of thiophene rings is 1. The average Bonchev–Trinajstić information content (AvgIpc) is 3.98. The zero-order valence-electron chi connectivity index (χ0n) is 31.3. The van der Waals surface area contributed by atoms with Crippen molar-refractivity contribution in [2.45, 2.75) is 0 Å². The average molecular weight is 759 g/mol. The van der Waals surface area contributed by atoms with E-state index in [1.165, 1.54) is 53.1 Å². The van der Waals surface area contributed by atoms with Crippen molar-refractivity contribution in [1.82, 2.24) is 4.57 Å². The van der Waals surface area contributed by atoms with Gasteiger partial charge in [-0.15, -0.1) is 11.3 Å². The minimum absolute atomic E-state index is 0.854. The van der Waals surface area contributed by atoms with Gasteiger partial charge in [0.2, 0.25) is 0 Å². The molecule has 3 heterocycles. The highest BCUT2D eigenvalue weighted by molar-refractivity contribution is 7.26. The Morgan fingerprint density at radius 3 is 1.67 bits per heavy atom. The molecule has 0 radical (unpaired) electrons. The Balaban J connectivity index is 1.13. The molecule has 0 aliphatic rings. The van der Waals surface area contributed by atoms with E-state index in [0.29, 0.717) is 0 Å². The summed E-state index contributed by atoms with van der Waals surface area (Å²) < 4.78 is 12.0. The molecule has 12 aromatic rings. The Morgan fingerprint density at radius 1 is 0.397 bits per heavy atom. The number of aromatic nitrogens is 1. The van der Waals surface area contributed by atoms with Crippen LogP contribution in [0.1, 0.15) is 0 Å². The summed E-state index contributed by atoms with van der Waals surface area (Å²) in [6.07, 6.45) is 0. The summed E-state index contributed by atoms with van der Waals surface area (Å²) in [6, 6.07) is 74.2. The molecule has 58 heavy (non-hydrogen) atoms. The molecule has 3 nitrogen and oxygen atoms in total. The first-order valence-corrected chi connectivity index (χ1v) is 20.5. The molecule has 0 N–H and O–H groups in total. The van der Waals surface area contributed by atoms with Gasteiger partial charge in [0.05, 0.1) is 22.4 Å². The summed E-state index contributed by atoms with van der Waals surface area (Å²) >= 11 is 1.86. The van der Waals surface area contributed by atoms with Gasteiger partial charge >= 0.3 is 0 Å². The van der Waals surface area contributed by atoms with E-state index in [4.69, 9.17) is 4.42 Å². The largest absolute Gasteiger partial charge is 0.453 e. The number of fused-ring (bicyclic) bond motifs is 9. The highest BCUT2D eigenvalue weighted by atomic mass is 32.1. The zero-order chi connectivity index (χ0) is 38.2. The standard InChI is InChI=1S/C54H34N2OS/c1-3-15-35(16-4-1)39-22-13-23-43-44-24-14-27-49(53(44)57-52(39)43)56(38-31-29-37(30-32-38)55-46-25-10-7-19-41(46)42-20-8-11-26-47(42)55)48-34-33-40(36-17-5-2-6-18-36)54-51(48)45-21-9-12-28-50(45)58-54/h1-34H. The second kappa shape index (κ2) is 13.1. The molecule has 0 saturated carbocycles. The summed E-state index contributed by atoms with van der Waals surface area (Å²) in [6.45, 7) is 0. The first-order valence-electron chi connectivity index (χ1n) is 19.7. The molecule has 0 amide bonds. The molecule has 12 rings (SSSR count). The summed E-state index contributed by atoms with van der Waals surface area (Å²) in [4.78, 5) is 2.42. The Morgan fingerprint density at radius 2 is 0.966 bits per heavy atom. The van der Waals surface area contributed by atoms with E-state index in [9.17, 15) is 0 Å². The van der Waals surface area contributed by atoms with Crippen molar-refractivity contribution in [2.24, 2.45) is 0 Å². The minimum atomic E-state index is 0.854. The SMILES string of the molecule is c1ccc(-c2cccc3c2oc2c(N(c4ccc(-n5c6ccccc6c6ccccc65)cc4)c4ccc(-c5ccccc5)c5sc6ccccc6c45)cccc23)cc1. The maximum Gasteiger partial charge on any atom is 0.159 e. The Bertz CT molecular complexity index is 3450. The van der Waals surface area contributed by atoms with E-state index in [-0.39, 0.29) is 0 Å². The normalized spacial score (nSPS) is 11.8. The van der Waals surface area contributed by atoms with Crippen molar-refractivity contribution in [1.29, 1.82) is 0 Å². The van der Waals surface area contributed by atoms with E-state index in [1.807, 2.05) is 11.3 Å². The molecule has 0 fully saturated rings. The molecule has 0 aliphatic carbocycles. The molecular weight excluding hydrogens is 725 g/mol. The molecule has 0 saturated heterocycles. The van der Waals surface area contributed by atoms with Gasteiger partial charge in [0.15, 0.2) is 5.58 Å².